The monoisotopic (exact) mass is 497 g/mol. The highest BCUT2D eigenvalue weighted by molar-refractivity contribution is 14.0. The van der Waals surface area contributed by atoms with Crippen molar-refractivity contribution in [2.45, 2.75) is 12.8 Å². The zero-order chi connectivity index (χ0) is 18.9. The molecule has 0 radical (unpaired) electrons. The highest BCUT2D eigenvalue weighted by Gasteiger charge is 2.29. The van der Waals surface area contributed by atoms with Crippen molar-refractivity contribution in [2.24, 2.45) is 10.9 Å². The first-order chi connectivity index (χ1) is 13.3. The molecule has 0 aromatic heterocycles. The maximum absolute atomic E-state index is 11.6. The SMILES string of the molecule is CN=C(NCCNC(=O)C1CC1)N1CCN(C/C=C/c2ccccc2)CC1.I. The third-order valence-electron chi connectivity index (χ3n) is 5.01. The predicted molar refractivity (Wildman–Crippen MR) is 126 cm³/mol. The van der Waals surface area contributed by atoms with Gasteiger partial charge < -0.3 is 15.5 Å². The Morgan fingerprint density at radius 1 is 1.11 bits per heavy atom. The number of rotatable bonds is 7. The molecule has 3 rings (SSSR count). The molecule has 1 saturated carbocycles. The molecular formula is C21H32IN5O. The van der Waals surface area contributed by atoms with Gasteiger partial charge >= 0.3 is 0 Å². The molecule has 1 heterocycles. The molecule has 1 aromatic rings. The number of benzene rings is 1. The van der Waals surface area contributed by atoms with Crippen LogP contribution >= 0.6 is 24.0 Å². The topological polar surface area (TPSA) is 60.0 Å². The van der Waals surface area contributed by atoms with Crippen molar-refractivity contribution < 1.29 is 4.79 Å². The number of guanidine groups is 1. The smallest absolute Gasteiger partial charge is 0.223 e. The van der Waals surface area contributed by atoms with Crippen LogP contribution in [0.3, 0.4) is 0 Å². The number of nitrogens with zero attached hydrogens (tertiary/aromatic N) is 3. The van der Waals surface area contributed by atoms with Crippen molar-refractivity contribution in [3.8, 4) is 0 Å². The second kappa shape index (κ2) is 12.1. The van der Waals surface area contributed by atoms with Crippen molar-refractivity contribution in [1.82, 2.24) is 20.4 Å². The maximum Gasteiger partial charge on any atom is 0.223 e. The van der Waals surface area contributed by atoms with Crippen molar-refractivity contribution in [3.63, 3.8) is 0 Å². The normalized spacial score (nSPS) is 18.0. The summed E-state index contributed by atoms with van der Waals surface area (Å²) in [6.07, 6.45) is 6.51. The Hall–Kier alpha value is -1.61. The van der Waals surface area contributed by atoms with E-state index in [0.717, 1.165) is 51.5 Å². The van der Waals surface area contributed by atoms with Crippen LogP contribution in [-0.4, -0.2) is 74.5 Å². The fraction of sp³-hybridized carbons (Fsp3) is 0.524. The summed E-state index contributed by atoms with van der Waals surface area (Å²) in [6, 6.07) is 10.4. The molecule has 1 amide bonds. The summed E-state index contributed by atoms with van der Waals surface area (Å²) in [7, 11) is 1.82. The lowest BCUT2D eigenvalue weighted by molar-refractivity contribution is -0.122. The molecule has 0 atom stereocenters. The van der Waals surface area contributed by atoms with Crippen LogP contribution in [0.25, 0.3) is 6.08 Å². The fourth-order valence-corrected chi connectivity index (χ4v) is 3.23. The molecule has 2 aliphatic rings. The molecule has 1 aliphatic heterocycles. The van der Waals surface area contributed by atoms with Crippen LogP contribution in [0, 0.1) is 5.92 Å². The largest absolute Gasteiger partial charge is 0.354 e. The molecule has 0 bridgehead atoms. The summed E-state index contributed by atoms with van der Waals surface area (Å²) in [5.41, 5.74) is 1.24. The van der Waals surface area contributed by atoms with Crippen molar-refractivity contribution in [2.75, 3.05) is 52.9 Å². The highest BCUT2D eigenvalue weighted by atomic mass is 127. The van der Waals surface area contributed by atoms with E-state index in [1.165, 1.54) is 5.56 Å². The fourth-order valence-electron chi connectivity index (χ4n) is 3.23. The average molecular weight is 497 g/mol. The third kappa shape index (κ3) is 7.43. The summed E-state index contributed by atoms with van der Waals surface area (Å²) in [6.45, 7) is 6.32. The number of amides is 1. The van der Waals surface area contributed by atoms with Crippen LogP contribution in [0.5, 0.6) is 0 Å². The number of carbonyl (C=O) groups excluding carboxylic acids is 1. The van der Waals surface area contributed by atoms with Gasteiger partial charge in [-0.05, 0) is 18.4 Å². The van der Waals surface area contributed by atoms with E-state index in [0.29, 0.717) is 13.1 Å². The Kier molecular flexibility index (Phi) is 9.77. The van der Waals surface area contributed by atoms with Crippen LogP contribution in [0.1, 0.15) is 18.4 Å². The number of piperazine rings is 1. The molecule has 1 saturated heterocycles. The Morgan fingerprint density at radius 2 is 1.79 bits per heavy atom. The number of nitrogens with one attached hydrogen (secondary N) is 2. The molecule has 28 heavy (non-hydrogen) atoms. The van der Waals surface area contributed by atoms with E-state index in [2.05, 4.69) is 61.8 Å². The number of aliphatic imine (C=N–C) groups is 1. The quantitative estimate of drug-likeness (QED) is 0.262. The molecule has 6 nitrogen and oxygen atoms in total. The van der Waals surface area contributed by atoms with Gasteiger partial charge in [-0.15, -0.1) is 24.0 Å². The first kappa shape index (κ1) is 22.7. The van der Waals surface area contributed by atoms with Gasteiger partial charge in [-0.3, -0.25) is 14.7 Å². The number of halogens is 1. The van der Waals surface area contributed by atoms with Crippen molar-refractivity contribution >= 4 is 41.9 Å². The van der Waals surface area contributed by atoms with Gasteiger partial charge in [0.1, 0.15) is 0 Å². The minimum atomic E-state index is 0. The number of hydrogen-bond donors (Lipinski definition) is 2. The highest BCUT2D eigenvalue weighted by Crippen LogP contribution is 2.28. The molecule has 2 N–H and O–H groups in total. The summed E-state index contributed by atoms with van der Waals surface area (Å²) in [4.78, 5) is 20.8. The van der Waals surface area contributed by atoms with E-state index in [1.807, 2.05) is 13.1 Å². The van der Waals surface area contributed by atoms with Crippen LogP contribution in [-0.2, 0) is 4.79 Å². The summed E-state index contributed by atoms with van der Waals surface area (Å²) in [5.74, 6) is 1.40. The van der Waals surface area contributed by atoms with Gasteiger partial charge in [0.15, 0.2) is 5.96 Å². The van der Waals surface area contributed by atoms with Gasteiger partial charge in [0.25, 0.3) is 0 Å². The van der Waals surface area contributed by atoms with Gasteiger partial charge in [0, 0.05) is 58.8 Å². The zero-order valence-corrected chi connectivity index (χ0v) is 19.0. The van der Waals surface area contributed by atoms with Crippen molar-refractivity contribution in [1.29, 1.82) is 0 Å². The third-order valence-corrected chi connectivity index (χ3v) is 5.01. The van der Waals surface area contributed by atoms with Crippen LogP contribution in [0.15, 0.2) is 41.4 Å². The summed E-state index contributed by atoms with van der Waals surface area (Å²) in [5, 5.41) is 6.34. The second-order valence-corrected chi connectivity index (χ2v) is 7.14. The average Bonchev–Trinajstić information content (AvgIpc) is 3.55. The standard InChI is InChI=1S/C21H31N5O.HI/c1-22-21(24-12-11-23-20(27)19-9-10-19)26-16-14-25(15-17-26)13-5-8-18-6-3-2-4-7-18;/h2-8,19H,9-17H2,1H3,(H,22,24)(H,23,27);1H/b8-5+;. The lowest BCUT2D eigenvalue weighted by atomic mass is 10.2. The van der Waals surface area contributed by atoms with E-state index in [-0.39, 0.29) is 35.8 Å². The van der Waals surface area contributed by atoms with Crippen LogP contribution < -0.4 is 10.6 Å². The molecule has 7 heteroatoms. The predicted octanol–water partition coefficient (Wildman–Crippen LogP) is 2.04. The molecular weight excluding hydrogens is 465 g/mol. The van der Waals surface area contributed by atoms with E-state index in [9.17, 15) is 4.79 Å². The lowest BCUT2D eigenvalue weighted by Crippen LogP contribution is -2.53. The number of carbonyl (C=O) groups is 1. The van der Waals surface area contributed by atoms with Gasteiger partial charge in [0.05, 0.1) is 0 Å². The van der Waals surface area contributed by atoms with Crippen LogP contribution in [0.2, 0.25) is 0 Å². The Morgan fingerprint density at radius 3 is 2.43 bits per heavy atom. The number of hydrogen-bond acceptors (Lipinski definition) is 3. The lowest BCUT2D eigenvalue weighted by Gasteiger charge is -2.36. The van der Waals surface area contributed by atoms with Crippen LogP contribution in [0.4, 0.5) is 0 Å². The van der Waals surface area contributed by atoms with Gasteiger partial charge in [-0.25, -0.2) is 0 Å². The van der Waals surface area contributed by atoms with E-state index in [1.54, 1.807) is 0 Å². The van der Waals surface area contributed by atoms with E-state index < -0.39 is 0 Å². The first-order valence-corrected chi connectivity index (χ1v) is 9.93. The summed E-state index contributed by atoms with van der Waals surface area (Å²) >= 11 is 0. The van der Waals surface area contributed by atoms with E-state index in [4.69, 9.17) is 0 Å². The minimum absolute atomic E-state index is 0. The molecule has 2 fully saturated rings. The van der Waals surface area contributed by atoms with E-state index >= 15 is 0 Å². The molecule has 1 aliphatic carbocycles. The first-order valence-electron chi connectivity index (χ1n) is 9.93. The molecule has 154 valence electrons. The molecule has 0 unspecified atom stereocenters. The molecule has 0 spiro atoms. The zero-order valence-electron chi connectivity index (χ0n) is 16.6. The van der Waals surface area contributed by atoms with Gasteiger partial charge in [0.2, 0.25) is 5.91 Å². The minimum Gasteiger partial charge on any atom is -0.354 e. The summed E-state index contributed by atoms with van der Waals surface area (Å²) < 4.78 is 0. The van der Waals surface area contributed by atoms with Gasteiger partial charge in [-0.1, -0.05) is 42.5 Å². The Balaban J connectivity index is 0.00000280. The molecule has 1 aromatic carbocycles. The van der Waals surface area contributed by atoms with Crippen molar-refractivity contribution in [3.05, 3.63) is 42.0 Å². The Bertz CT molecular complexity index is 652. The maximum atomic E-state index is 11.6. The second-order valence-electron chi connectivity index (χ2n) is 7.14. The van der Waals surface area contributed by atoms with Gasteiger partial charge in [-0.2, -0.15) is 0 Å². The Labute approximate surface area is 185 Å².